The first-order valence-electron chi connectivity index (χ1n) is 8.34. The predicted molar refractivity (Wildman–Crippen MR) is 98.8 cm³/mol. The second kappa shape index (κ2) is 6.48. The zero-order valence-corrected chi connectivity index (χ0v) is 14.2. The Morgan fingerprint density at radius 1 is 1.19 bits per heavy atom. The van der Waals surface area contributed by atoms with E-state index in [1.807, 2.05) is 43.3 Å². The molecule has 0 aliphatic carbocycles. The molecular weight excluding hydrogens is 330 g/mol. The standard InChI is InChI=1S/C20H17N3O3/c1-13(18-10-14-6-2-5-9-17(14)26-18)22-19(24)11-23-12-21-16-8-4-3-7-15(16)20(23)25/h2-10,12-13H,11H2,1H3,(H,22,24)/t13-/m1/s1. The minimum Gasteiger partial charge on any atom is -0.459 e. The normalized spacial score (nSPS) is 12.3. The summed E-state index contributed by atoms with van der Waals surface area (Å²) in [7, 11) is 0. The molecule has 6 heteroatoms. The van der Waals surface area contributed by atoms with Crippen molar-refractivity contribution in [2.45, 2.75) is 19.5 Å². The molecule has 0 saturated carbocycles. The van der Waals surface area contributed by atoms with Gasteiger partial charge in [0.15, 0.2) is 0 Å². The molecule has 1 amide bonds. The van der Waals surface area contributed by atoms with Crippen LogP contribution in [0, 0.1) is 0 Å². The van der Waals surface area contributed by atoms with Crippen LogP contribution in [-0.4, -0.2) is 15.5 Å². The number of carbonyl (C=O) groups is 1. The number of carbonyl (C=O) groups excluding carboxylic acids is 1. The van der Waals surface area contributed by atoms with Crippen LogP contribution < -0.4 is 10.9 Å². The van der Waals surface area contributed by atoms with E-state index in [0.29, 0.717) is 16.7 Å². The SMILES string of the molecule is C[C@@H](NC(=O)Cn1cnc2ccccc2c1=O)c1cc2ccccc2o1. The number of hydrogen-bond donors (Lipinski definition) is 1. The minimum atomic E-state index is -0.306. The molecule has 0 saturated heterocycles. The van der Waals surface area contributed by atoms with Gasteiger partial charge >= 0.3 is 0 Å². The Balaban J connectivity index is 1.51. The van der Waals surface area contributed by atoms with Crippen molar-refractivity contribution in [1.82, 2.24) is 14.9 Å². The predicted octanol–water partition coefficient (Wildman–Crippen LogP) is 3.02. The third-order valence-corrected chi connectivity index (χ3v) is 4.29. The molecule has 1 N–H and O–H groups in total. The second-order valence-electron chi connectivity index (χ2n) is 6.17. The molecule has 0 radical (unpaired) electrons. The molecule has 0 spiro atoms. The van der Waals surface area contributed by atoms with E-state index in [1.54, 1.807) is 18.2 Å². The molecule has 2 aromatic carbocycles. The third-order valence-electron chi connectivity index (χ3n) is 4.29. The lowest BCUT2D eigenvalue weighted by atomic mass is 10.2. The first-order chi connectivity index (χ1) is 12.6. The number of rotatable bonds is 4. The summed E-state index contributed by atoms with van der Waals surface area (Å²) in [5, 5.41) is 4.34. The van der Waals surface area contributed by atoms with Crippen LogP contribution in [0.1, 0.15) is 18.7 Å². The highest BCUT2D eigenvalue weighted by atomic mass is 16.3. The highest BCUT2D eigenvalue weighted by Gasteiger charge is 2.15. The van der Waals surface area contributed by atoms with Crippen LogP contribution in [0.5, 0.6) is 0 Å². The van der Waals surface area contributed by atoms with Gasteiger partial charge in [-0.05, 0) is 31.2 Å². The van der Waals surface area contributed by atoms with Gasteiger partial charge in [0.25, 0.3) is 5.56 Å². The first-order valence-corrected chi connectivity index (χ1v) is 8.34. The number of para-hydroxylation sites is 2. The number of nitrogens with zero attached hydrogens (tertiary/aromatic N) is 2. The van der Waals surface area contributed by atoms with E-state index in [1.165, 1.54) is 10.9 Å². The molecule has 2 heterocycles. The largest absolute Gasteiger partial charge is 0.459 e. The fourth-order valence-electron chi connectivity index (χ4n) is 2.95. The van der Waals surface area contributed by atoms with Crippen molar-refractivity contribution < 1.29 is 9.21 Å². The van der Waals surface area contributed by atoms with Gasteiger partial charge in [-0.25, -0.2) is 4.98 Å². The number of furan rings is 1. The van der Waals surface area contributed by atoms with E-state index < -0.39 is 0 Å². The molecule has 130 valence electrons. The van der Waals surface area contributed by atoms with E-state index in [-0.39, 0.29) is 24.1 Å². The summed E-state index contributed by atoms with van der Waals surface area (Å²) >= 11 is 0. The summed E-state index contributed by atoms with van der Waals surface area (Å²) in [5.41, 5.74) is 1.16. The van der Waals surface area contributed by atoms with Crippen molar-refractivity contribution in [3.63, 3.8) is 0 Å². The van der Waals surface area contributed by atoms with Crippen LogP contribution in [0.15, 0.2) is 70.1 Å². The zero-order chi connectivity index (χ0) is 18.1. The molecule has 0 unspecified atom stereocenters. The summed E-state index contributed by atoms with van der Waals surface area (Å²) in [6.45, 7) is 1.75. The molecule has 0 fully saturated rings. The Labute approximate surface area is 149 Å². The van der Waals surface area contributed by atoms with Crippen molar-refractivity contribution in [2.24, 2.45) is 0 Å². The lowest BCUT2D eigenvalue weighted by molar-refractivity contribution is -0.122. The van der Waals surface area contributed by atoms with Crippen LogP contribution >= 0.6 is 0 Å². The van der Waals surface area contributed by atoms with Crippen LogP contribution in [0.2, 0.25) is 0 Å². The number of hydrogen-bond acceptors (Lipinski definition) is 4. The van der Waals surface area contributed by atoms with Gasteiger partial charge in [0.2, 0.25) is 5.91 Å². The Morgan fingerprint density at radius 2 is 1.96 bits per heavy atom. The van der Waals surface area contributed by atoms with Crippen LogP contribution in [0.25, 0.3) is 21.9 Å². The Bertz CT molecular complexity index is 1130. The Morgan fingerprint density at radius 3 is 2.81 bits per heavy atom. The lowest BCUT2D eigenvalue weighted by Gasteiger charge is -2.12. The molecule has 26 heavy (non-hydrogen) atoms. The number of benzene rings is 2. The van der Waals surface area contributed by atoms with E-state index in [9.17, 15) is 9.59 Å². The van der Waals surface area contributed by atoms with Gasteiger partial charge in [0.1, 0.15) is 17.9 Å². The van der Waals surface area contributed by atoms with E-state index in [4.69, 9.17) is 4.42 Å². The number of fused-ring (bicyclic) bond motifs is 2. The summed E-state index contributed by atoms with van der Waals surface area (Å²) in [4.78, 5) is 29.0. The Kier molecular flexibility index (Phi) is 4.01. The monoisotopic (exact) mass is 347 g/mol. The fraction of sp³-hybridized carbons (Fsp3) is 0.150. The number of nitrogens with one attached hydrogen (secondary N) is 1. The van der Waals surface area contributed by atoms with Gasteiger partial charge in [-0.15, -0.1) is 0 Å². The van der Waals surface area contributed by atoms with Gasteiger partial charge in [-0.3, -0.25) is 14.2 Å². The summed E-state index contributed by atoms with van der Waals surface area (Å²) < 4.78 is 7.08. The van der Waals surface area contributed by atoms with Crippen molar-refractivity contribution in [2.75, 3.05) is 0 Å². The van der Waals surface area contributed by atoms with Crippen molar-refractivity contribution >= 4 is 27.8 Å². The van der Waals surface area contributed by atoms with Crippen molar-refractivity contribution in [3.8, 4) is 0 Å². The summed E-state index contributed by atoms with van der Waals surface area (Å²) in [6.07, 6.45) is 1.40. The summed E-state index contributed by atoms with van der Waals surface area (Å²) in [5.74, 6) is 0.390. The molecule has 0 bridgehead atoms. The highest BCUT2D eigenvalue weighted by molar-refractivity contribution is 5.80. The van der Waals surface area contributed by atoms with Crippen molar-refractivity contribution in [3.05, 3.63) is 77.0 Å². The molecule has 4 aromatic rings. The van der Waals surface area contributed by atoms with Gasteiger partial charge in [0, 0.05) is 5.39 Å². The molecule has 2 aromatic heterocycles. The van der Waals surface area contributed by atoms with Crippen LogP contribution in [0.4, 0.5) is 0 Å². The molecule has 0 aliphatic rings. The van der Waals surface area contributed by atoms with Gasteiger partial charge in [-0.1, -0.05) is 30.3 Å². The molecule has 0 aliphatic heterocycles. The second-order valence-corrected chi connectivity index (χ2v) is 6.17. The topological polar surface area (TPSA) is 77.1 Å². The maximum Gasteiger partial charge on any atom is 0.261 e. The molecule has 1 atom stereocenters. The zero-order valence-electron chi connectivity index (χ0n) is 14.2. The fourth-order valence-corrected chi connectivity index (χ4v) is 2.95. The lowest BCUT2D eigenvalue weighted by Crippen LogP contribution is -2.33. The van der Waals surface area contributed by atoms with Crippen LogP contribution in [-0.2, 0) is 11.3 Å². The quantitative estimate of drug-likeness (QED) is 0.616. The molecular formula is C20H17N3O3. The van der Waals surface area contributed by atoms with Gasteiger partial charge in [0.05, 0.1) is 23.3 Å². The third kappa shape index (κ3) is 2.97. The van der Waals surface area contributed by atoms with Crippen LogP contribution in [0.3, 0.4) is 0 Å². The average Bonchev–Trinajstić information content (AvgIpc) is 3.09. The average molecular weight is 347 g/mol. The summed E-state index contributed by atoms with van der Waals surface area (Å²) in [6, 6.07) is 16.3. The Hall–Kier alpha value is -3.41. The van der Waals surface area contributed by atoms with E-state index in [0.717, 1.165) is 11.0 Å². The number of aromatic nitrogens is 2. The maximum atomic E-state index is 12.5. The van der Waals surface area contributed by atoms with E-state index >= 15 is 0 Å². The van der Waals surface area contributed by atoms with Gasteiger partial charge in [-0.2, -0.15) is 0 Å². The van der Waals surface area contributed by atoms with Crippen molar-refractivity contribution in [1.29, 1.82) is 0 Å². The molecule has 4 rings (SSSR count). The van der Waals surface area contributed by atoms with E-state index in [2.05, 4.69) is 10.3 Å². The minimum absolute atomic E-state index is 0.0960. The van der Waals surface area contributed by atoms with Gasteiger partial charge < -0.3 is 9.73 Å². The molecule has 6 nitrogen and oxygen atoms in total. The smallest absolute Gasteiger partial charge is 0.261 e. The number of amides is 1. The highest BCUT2D eigenvalue weighted by Crippen LogP contribution is 2.23. The maximum absolute atomic E-state index is 12.5. The first kappa shape index (κ1) is 16.1.